The van der Waals surface area contributed by atoms with Gasteiger partial charge in [0.1, 0.15) is 10.6 Å². The van der Waals surface area contributed by atoms with Gasteiger partial charge in [-0.15, -0.1) is 0 Å². The van der Waals surface area contributed by atoms with Gasteiger partial charge >= 0.3 is 0 Å². The normalized spacial score (nSPS) is 15.5. The molecule has 0 aliphatic carbocycles. The molecule has 0 bridgehead atoms. The molecular formula is H4NOPS. The third-order valence-corrected chi connectivity index (χ3v) is 0. The SMILES string of the molecule is NS(=O)P. The largest absolute Gasteiger partial charge is 0.249 e. The number of hydrogen-bond acceptors (Lipinski definition) is 1. The smallest absolute Gasteiger partial charge is 0.104 e. The zero-order valence-electron chi connectivity index (χ0n) is 1.97. The first-order valence-electron chi connectivity index (χ1n) is 0.638. The summed E-state index contributed by atoms with van der Waals surface area (Å²) < 4.78 is 9.30. The molecule has 0 aliphatic rings. The highest BCUT2D eigenvalue weighted by Crippen LogP contribution is 1.74. The molecule has 2 N–H and O–H groups in total. The molecular weight excluding hydrogens is 93.0 g/mol. The van der Waals surface area contributed by atoms with Gasteiger partial charge in [0.25, 0.3) is 0 Å². The third kappa shape index (κ3) is 20.7. The van der Waals surface area contributed by atoms with Crippen molar-refractivity contribution >= 4 is 19.0 Å². The van der Waals surface area contributed by atoms with E-state index in [1.807, 2.05) is 8.44 Å². The van der Waals surface area contributed by atoms with Gasteiger partial charge in [0.05, 0.1) is 0 Å². The van der Waals surface area contributed by atoms with Crippen LogP contribution >= 0.6 is 8.44 Å². The fraction of sp³-hybridized carbons (Fsp3) is 0. The Hall–Kier alpha value is 0.540. The fourth-order valence-electron chi connectivity index (χ4n) is 0. The minimum absolute atomic E-state index is 1.19. The fourth-order valence-corrected chi connectivity index (χ4v) is 0. The molecule has 0 saturated heterocycles. The van der Waals surface area contributed by atoms with Crippen molar-refractivity contribution in [2.45, 2.75) is 0 Å². The maximum atomic E-state index is 9.30. The molecule has 0 aromatic heterocycles. The van der Waals surface area contributed by atoms with Gasteiger partial charge in [-0.1, -0.05) is 0 Å². The lowest BCUT2D eigenvalue weighted by Gasteiger charge is -1.62. The van der Waals surface area contributed by atoms with Gasteiger partial charge in [-0.25, -0.2) is 9.35 Å². The van der Waals surface area contributed by atoms with E-state index in [0.29, 0.717) is 0 Å². The van der Waals surface area contributed by atoms with Gasteiger partial charge in [-0.05, 0) is 8.44 Å². The van der Waals surface area contributed by atoms with Crippen LogP contribution in [0.1, 0.15) is 0 Å². The van der Waals surface area contributed by atoms with Crippen LogP contribution in [0.2, 0.25) is 0 Å². The average molecular weight is 97.1 g/mol. The Morgan fingerprint density at radius 3 is 2.00 bits per heavy atom. The summed E-state index contributed by atoms with van der Waals surface area (Å²) in [4.78, 5) is 0. The Balaban J connectivity index is 2.80. The molecule has 26 valence electrons. The average Bonchev–Trinajstić information content (AvgIpc) is 0.811. The first-order valence-corrected chi connectivity index (χ1v) is 3.33. The first-order chi connectivity index (χ1) is 1.73. The standard InChI is InChI=1S/H4NOPS/c1-4(2)3/h1,3H2. The molecule has 4 heavy (non-hydrogen) atoms. The Bertz CT molecular complexity index is 31.0. The molecule has 0 heterocycles. The summed E-state index contributed by atoms with van der Waals surface area (Å²) in [6.07, 6.45) is 0. The van der Waals surface area contributed by atoms with Crippen molar-refractivity contribution < 1.29 is 4.21 Å². The molecule has 0 rings (SSSR count). The number of hydrogen-bond donors (Lipinski definition) is 1. The zero-order chi connectivity index (χ0) is 3.58. The highest BCUT2D eigenvalue weighted by Gasteiger charge is 1.56. The van der Waals surface area contributed by atoms with Gasteiger partial charge in [-0.2, -0.15) is 0 Å². The van der Waals surface area contributed by atoms with Crippen molar-refractivity contribution in [3.63, 3.8) is 0 Å². The van der Waals surface area contributed by atoms with E-state index in [1.54, 1.807) is 0 Å². The highest BCUT2D eigenvalue weighted by atomic mass is 32.7. The molecule has 0 fully saturated rings. The van der Waals surface area contributed by atoms with E-state index in [0.717, 1.165) is 0 Å². The summed E-state index contributed by atoms with van der Waals surface area (Å²) in [6, 6.07) is 0. The van der Waals surface area contributed by atoms with E-state index in [2.05, 4.69) is 5.14 Å². The van der Waals surface area contributed by atoms with Crippen LogP contribution in [-0.4, -0.2) is 4.21 Å². The van der Waals surface area contributed by atoms with Crippen LogP contribution in [0, 0.1) is 0 Å². The molecule has 0 aromatic carbocycles. The predicted octanol–water partition coefficient (Wildman–Crippen LogP) is -0.601. The molecule has 0 aromatic rings. The van der Waals surface area contributed by atoms with Crippen LogP contribution in [0.15, 0.2) is 0 Å². The second kappa shape index (κ2) is 1.82. The summed E-state index contributed by atoms with van der Waals surface area (Å²) in [6.45, 7) is 0. The van der Waals surface area contributed by atoms with E-state index in [1.165, 1.54) is 0 Å². The lowest BCUT2D eigenvalue weighted by molar-refractivity contribution is 0.692. The summed E-state index contributed by atoms with van der Waals surface area (Å²) in [5.74, 6) is 0. The van der Waals surface area contributed by atoms with Gasteiger partial charge in [0.2, 0.25) is 0 Å². The van der Waals surface area contributed by atoms with Crippen molar-refractivity contribution in [2.75, 3.05) is 0 Å². The molecule has 0 aliphatic heterocycles. The molecule has 0 amide bonds. The van der Waals surface area contributed by atoms with Gasteiger partial charge in [0.15, 0.2) is 0 Å². The minimum Gasteiger partial charge on any atom is -0.249 e. The van der Waals surface area contributed by atoms with Gasteiger partial charge in [-0.3, -0.25) is 0 Å². The van der Waals surface area contributed by atoms with Crippen LogP contribution < -0.4 is 5.14 Å². The summed E-state index contributed by atoms with van der Waals surface area (Å²) in [5, 5.41) is 4.55. The Labute approximate surface area is 29.3 Å². The lowest BCUT2D eigenvalue weighted by atomic mass is 14.0. The Morgan fingerprint density at radius 1 is 2.00 bits per heavy atom. The monoisotopic (exact) mass is 97.0 g/mol. The molecule has 2 nitrogen and oxygen atoms in total. The van der Waals surface area contributed by atoms with E-state index in [-0.39, 0.29) is 0 Å². The van der Waals surface area contributed by atoms with Crippen LogP contribution in [-0.2, 0) is 10.6 Å². The topological polar surface area (TPSA) is 43.1 Å². The molecule has 2 atom stereocenters. The summed E-state index contributed by atoms with van der Waals surface area (Å²) >= 11 is 0. The Kier molecular flexibility index (Phi) is 2.07. The third-order valence-electron chi connectivity index (χ3n) is 0. The van der Waals surface area contributed by atoms with Crippen molar-refractivity contribution in [1.29, 1.82) is 0 Å². The molecule has 0 spiro atoms. The van der Waals surface area contributed by atoms with E-state index in [4.69, 9.17) is 0 Å². The summed E-state index contributed by atoms with van der Waals surface area (Å²) in [5.41, 5.74) is 0. The minimum atomic E-state index is -1.19. The Morgan fingerprint density at radius 2 is 2.00 bits per heavy atom. The van der Waals surface area contributed by atoms with Crippen molar-refractivity contribution in [3.05, 3.63) is 0 Å². The van der Waals surface area contributed by atoms with E-state index >= 15 is 0 Å². The van der Waals surface area contributed by atoms with E-state index < -0.39 is 10.6 Å². The highest BCUT2D eigenvalue weighted by molar-refractivity contribution is 8.31. The van der Waals surface area contributed by atoms with Crippen molar-refractivity contribution in [2.24, 2.45) is 5.14 Å². The van der Waals surface area contributed by atoms with Gasteiger partial charge in [0, 0.05) is 0 Å². The molecule has 4 heteroatoms. The molecule has 0 radical (unpaired) electrons. The predicted molar refractivity (Wildman–Crippen MR) is 22.0 cm³/mol. The second-order valence-corrected chi connectivity index (χ2v) is 2.38. The first kappa shape index (κ1) is 4.54. The maximum absolute atomic E-state index is 9.30. The van der Waals surface area contributed by atoms with Crippen molar-refractivity contribution in [3.8, 4) is 0 Å². The van der Waals surface area contributed by atoms with Crippen LogP contribution in [0.4, 0.5) is 0 Å². The van der Waals surface area contributed by atoms with Crippen LogP contribution in [0.3, 0.4) is 0 Å². The summed E-state index contributed by atoms with van der Waals surface area (Å²) in [7, 11) is 0.713. The van der Waals surface area contributed by atoms with Crippen LogP contribution in [0.25, 0.3) is 0 Å². The molecule has 0 saturated carbocycles. The quantitative estimate of drug-likeness (QED) is 0.403. The lowest BCUT2D eigenvalue weighted by Crippen LogP contribution is -1.87. The van der Waals surface area contributed by atoms with E-state index in [9.17, 15) is 4.21 Å². The van der Waals surface area contributed by atoms with Crippen molar-refractivity contribution in [1.82, 2.24) is 0 Å². The van der Waals surface area contributed by atoms with Crippen LogP contribution in [0.5, 0.6) is 0 Å². The zero-order valence-corrected chi connectivity index (χ0v) is 3.94. The van der Waals surface area contributed by atoms with Gasteiger partial charge < -0.3 is 0 Å². The molecule has 2 unspecified atom stereocenters. The number of rotatable bonds is 0. The second-order valence-electron chi connectivity index (χ2n) is 0.329. The maximum Gasteiger partial charge on any atom is 0.104 e. The number of nitrogens with two attached hydrogens (primary N) is 1.